The number of nitrogens with one attached hydrogen (secondary N) is 2. The SMILES string of the molecule is C[C@H]1C[C@@H]1CNc1cc(-c2ncc([C@@](C)(Cc3ccccc3)NC(=O)O)o2)cc(N(C)S(C)(=O)=O)n1. The molecule has 10 nitrogen and oxygen atoms in total. The van der Waals surface area contributed by atoms with Gasteiger partial charge >= 0.3 is 6.09 Å². The van der Waals surface area contributed by atoms with Gasteiger partial charge in [-0.25, -0.2) is 23.2 Å². The summed E-state index contributed by atoms with van der Waals surface area (Å²) < 4.78 is 31.5. The number of anilines is 2. The van der Waals surface area contributed by atoms with Gasteiger partial charge in [-0.15, -0.1) is 0 Å². The van der Waals surface area contributed by atoms with Crippen LogP contribution >= 0.6 is 0 Å². The summed E-state index contributed by atoms with van der Waals surface area (Å²) in [6.45, 7) is 4.65. The number of aromatic nitrogens is 2. The van der Waals surface area contributed by atoms with E-state index < -0.39 is 21.7 Å². The molecule has 2 aromatic heterocycles. The van der Waals surface area contributed by atoms with Crippen molar-refractivity contribution >= 4 is 27.8 Å². The van der Waals surface area contributed by atoms with E-state index in [1.807, 2.05) is 30.3 Å². The van der Waals surface area contributed by atoms with Crippen molar-refractivity contribution in [3.63, 3.8) is 0 Å². The lowest BCUT2D eigenvalue weighted by Gasteiger charge is -2.27. The number of nitrogens with zero attached hydrogens (tertiary/aromatic N) is 3. The lowest BCUT2D eigenvalue weighted by Crippen LogP contribution is -2.44. The van der Waals surface area contributed by atoms with Gasteiger partial charge in [0.1, 0.15) is 17.2 Å². The molecule has 0 saturated heterocycles. The van der Waals surface area contributed by atoms with Crippen LogP contribution < -0.4 is 14.9 Å². The van der Waals surface area contributed by atoms with Gasteiger partial charge in [0.15, 0.2) is 5.76 Å². The van der Waals surface area contributed by atoms with Crippen molar-refractivity contribution < 1.29 is 22.7 Å². The van der Waals surface area contributed by atoms with Crippen molar-refractivity contribution in [3.05, 3.63) is 60.0 Å². The Balaban J connectivity index is 1.69. The second-order valence-electron chi connectivity index (χ2n) is 9.64. The minimum atomic E-state index is -3.55. The number of pyridine rings is 1. The average molecular weight is 514 g/mol. The van der Waals surface area contributed by atoms with Crippen molar-refractivity contribution in [2.24, 2.45) is 11.8 Å². The lowest BCUT2D eigenvalue weighted by molar-refractivity contribution is 0.174. The van der Waals surface area contributed by atoms with Crippen LogP contribution in [-0.4, -0.2) is 49.4 Å². The Bertz CT molecular complexity index is 1340. The predicted octanol–water partition coefficient (Wildman–Crippen LogP) is 3.93. The summed E-state index contributed by atoms with van der Waals surface area (Å²) >= 11 is 0. The van der Waals surface area contributed by atoms with Gasteiger partial charge in [0.2, 0.25) is 15.9 Å². The van der Waals surface area contributed by atoms with Gasteiger partial charge in [-0.05, 0) is 42.9 Å². The Morgan fingerprint density at radius 3 is 2.58 bits per heavy atom. The van der Waals surface area contributed by atoms with Crippen molar-refractivity contribution in [1.82, 2.24) is 15.3 Å². The molecule has 1 saturated carbocycles. The molecule has 3 N–H and O–H groups in total. The summed E-state index contributed by atoms with van der Waals surface area (Å²) in [4.78, 5) is 20.5. The van der Waals surface area contributed by atoms with Gasteiger partial charge < -0.3 is 20.2 Å². The number of amides is 1. The summed E-state index contributed by atoms with van der Waals surface area (Å²) in [7, 11) is -2.12. The maximum absolute atomic E-state index is 12.2. The summed E-state index contributed by atoms with van der Waals surface area (Å²) in [5.74, 6) is 2.49. The first-order valence-corrected chi connectivity index (χ1v) is 13.5. The first-order valence-electron chi connectivity index (χ1n) is 11.7. The molecule has 3 atom stereocenters. The third-order valence-electron chi connectivity index (χ3n) is 6.53. The maximum Gasteiger partial charge on any atom is 0.405 e. The zero-order chi connectivity index (χ0) is 26.1. The minimum absolute atomic E-state index is 0.219. The van der Waals surface area contributed by atoms with Gasteiger partial charge in [-0.1, -0.05) is 37.3 Å². The zero-order valence-corrected chi connectivity index (χ0v) is 21.5. The Labute approximate surface area is 210 Å². The van der Waals surface area contributed by atoms with Crippen molar-refractivity contribution in [1.29, 1.82) is 0 Å². The number of carboxylic acid groups (broad SMARTS) is 1. The van der Waals surface area contributed by atoms with E-state index in [0.29, 0.717) is 35.4 Å². The molecule has 1 aliphatic carbocycles. The molecule has 1 aliphatic rings. The molecule has 3 aromatic rings. The van der Waals surface area contributed by atoms with E-state index in [4.69, 9.17) is 4.42 Å². The second-order valence-corrected chi connectivity index (χ2v) is 11.7. The van der Waals surface area contributed by atoms with Crippen LogP contribution in [0, 0.1) is 11.8 Å². The molecular weight excluding hydrogens is 482 g/mol. The van der Waals surface area contributed by atoms with Crippen molar-refractivity contribution in [3.8, 4) is 11.5 Å². The third kappa shape index (κ3) is 5.96. The molecule has 0 aliphatic heterocycles. The Hall–Kier alpha value is -3.60. The summed E-state index contributed by atoms with van der Waals surface area (Å²) in [6, 6.07) is 12.8. The number of hydrogen-bond donors (Lipinski definition) is 3. The maximum atomic E-state index is 12.2. The fourth-order valence-electron chi connectivity index (χ4n) is 4.08. The predicted molar refractivity (Wildman–Crippen MR) is 137 cm³/mol. The van der Waals surface area contributed by atoms with E-state index in [1.54, 1.807) is 19.1 Å². The monoisotopic (exact) mass is 513 g/mol. The first kappa shape index (κ1) is 25.5. The minimum Gasteiger partial charge on any atom is -0.465 e. The molecule has 192 valence electrons. The molecule has 0 radical (unpaired) electrons. The van der Waals surface area contributed by atoms with E-state index in [2.05, 4.69) is 27.5 Å². The zero-order valence-electron chi connectivity index (χ0n) is 20.7. The largest absolute Gasteiger partial charge is 0.465 e. The van der Waals surface area contributed by atoms with Crippen LogP contribution in [0.2, 0.25) is 0 Å². The number of sulfonamides is 1. The van der Waals surface area contributed by atoms with Gasteiger partial charge in [-0.2, -0.15) is 0 Å². The number of benzene rings is 1. The van der Waals surface area contributed by atoms with Crippen LogP contribution in [0.4, 0.5) is 16.4 Å². The molecular formula is C25H31N5O5S. The lowest BCUT2D eigenvalue weighted by atomic mass is 9.91. The molecule has 0 bridgehead atoms. The Morgan fingerprint density at radius 2 is 1.97 bits per heavy atom. The highest BCUT2D eigenvalue weighted by Crippen LogP contribution is 2.38. The highest BCUT2D eigenvalue weighted by atomic mass is 32.2. The summed E-state index contributed by atoms with van der Waals surface area (Å²) in [5.41, 5.74) is 0.361. The standard InChI is InChI=1S/C25H31N5O5S/c1-16-10-19(16)14-26-21-11-18(12-22(28-21)30(3)36(4,33)34)23-27-15-20(35-23)25(2,29-24(31)32)13-17-8-6-5-7-9-17/h5-9,11-12,15-16,19,29H,10,13-14H2,1-4H3,(H,26,28)(H,31,32)/t16-,19+,25+/m0/s1. The molecule has 0 unspecified atom stereocenters. The number of rotatable bonds is 10. The normalized spacial score (nSPS) is 18.8. The molecule has 11 heteroatoms. The number of carbonyl (C=O) groups is 1. The Kier molecular flexibility index (Phi) is 6.94. The fourth-order valence-corrected chi connectivity index (χ4v) is 4.51. The van der Waals surface area contributed by atoms with E-state index in [9.17, 15) is 18.3 Å². The third-order valence-corrected chi connectivity index (χ3v) is 7.72. The molecule has 0 spiro atoms. The van der Waals surface area contributed by atoms with Crippen molar-refractivity contribution in [2.75, 3.05) is 29.5 Å². The van der Waals surface area contributed by atoms with Crippen LogP contribution in [0.15, 0.2) is 53.1 Å². The summed E-state index contributed by atoms with van der Waals surface area (Å²) in [5, 5.41) is 15.4. The smallest absolute Gasteiger partial charge is 0.405 e. The number of oxazole rings is 1. The van der Waals surface area contributed by atoms with E-state index >= 15 is 0 Å². The second kappa shape index (κ2) is 9.81. The summed E-state index contributed by atoms with van der Waals surface area (Å²) in [6.07, 6.45) is 2.90. The van der Waals surface area contributed by atoms with E-state index in [0.717, 1.165) is 29.1 Å². The molecule has 36 heavy (non-hydrogen) atoms. The van der Waals surface area contributed by atoms with Crippen LogP contribution in [0.25, 0.3) is 11.5 Å². The van der Waals surface area contributed by atoms with Gasteiger partial charge in [-0.3, -0.25) is 4.31 Å². The highest BCUT2D eigenvalue weighted by Gasteiger charge is 2.34. The number of hydrogen-bond acceptors (Lipinski definition) is 7. The van der Waals surface area contributed by atoms with Crippen LogP contribution in [0.1, 0.15) is 31.6 Å². The highest BCUT2D eigenvalue weighted by molar-refractivity contribution is 7.92. The quantitative estimate of drug-likeness (QED) is 0.371. The van der Waals surface area contributed by atoms with E-state index in [1.165, 1.54) is 13.2 Å². The van der Waals surface area contributed by atoms with Crippen LogP contribution in [0.5, 0.6) is 0 Å². The molecule has 1 aromatic carbocycles. The molecule has 1 amide bonds. The van der Waals surface area contributed by atoms with E-state index in [-0.39, 0.29) is 11.7 Å². The Morgan fingerprint density at radius 1 is 1.28 bits per heavy atom. The average Bonchev–Trinajstić information content (AvgIpc) is 3.29. The molecule has 4 rings (SSSR count). The van der Waals surface area contributed by atoms with Gasteiger partial charge in [0.25, 0.3) is 0 Å². The van der Waals surface area contributed by atoms with Crippen LogP contribution in [-0.2, 0) is 22.0 Å². The van der Waals surface area contributed by atoms with Gasteiger partial charge in [0.05, 0.1) is 12.5 Å². The van der Waals surface area contributed by atoms with Crippen LogP contribution in [0.3, 0.4) is 0 Å². The fraction of sp³-hybridized carbons (Fsp3) is 0.400. The molecule has 1 fully saturated rings. The van der Waals surface area contributed by atoms with Gasteiger partial charge in [0, 0.05) is 25.6 Å². The molecule has 2 heterocycles. The first-order chi connectivity index (χ1) is 16.9. The topological polar surface area (TPSA) is 138 Å². The van der Waals surface area contributed by atoms with Crippen molar-refractivity contribution in [2.45, 2.75) is 32.2 Å².